The molecule has 7 heteroatoms. The standard InChI is InChI=1S/C24H29N3O4/c1-25(2)14-15-27-21(16-6-10-18(11-7-16)26(3)4)20(23(29)24(27)30)22(28)17-8-12-19(31-5)13-9-17/h6-13,21,28H,14-15H2,1-5H3/p+1/t21-/m0/s1. The second-order valence-electron chi connectivity index (χ2n) is 8.16. The van der Waals surface area contributed by atoms with Gasteiger partial charge in [-0.2, -0.15) is 0 Å². The number of ether oxygens (including phenoxy) is 1. The van der Waals surface area contributed by atoms with E-state index in [1.165, 1.54) is 4.90 Å². The summed E-state index contributed by atoms with van der Waals surface area (Å²) in [7, 11) is 9.45. The van der Waals surface area contributed by atoms with E-state index in [4.69, 9.17) is 4.74 Å². The summed E-state index contributed by atoms with van der Waals surface area (Å²) in [6, 6.07) is 13.8. The van der Waals surface area contributed by atoms with Gasteiger partial charge in [-0.3, -0.25) is 9.59 Å². The predicted molar refractivity (Wildman–Crippen MR) is 120 cm³/mol. The molecule has 0 aliphatic carbocycles. The minimum atomic E-state index is -0.663. The number of aliphatic hydroxyl groups is 1. The number of likely N-dealkylation sites (N-methyl/N-ethyl adjacent to an activating group) is 1. The van der Waals surface area contributed by atoms with Crippen molar-refractivity contribution in [2.24, 2.45) is 0 Å². The zero-order valence-electron chi connectivity index (χ0n) is 18.7. The van der Waals surface area contributed by atoms with Crippen LogP contribution in [0.1, 0.15) is 17.2 Å². The maximum Gasteiger partial charge on any atom is 0.295 e. The van der Waals surface area contributed by atoms with Crippen molar-refractivity contribution < 1.29 is 24.3 Å². The van der Waals surface area contributed by atoms with Crippen molar-refractivity contribution in [1.82, 2.24) is 4.90 Å². The van der Waals surface area contributed by atoms with E-state index in [1.807, 2.05) is 57.4 Å². The number of hydrogen-bond donors (Lipinski definition) is 2. The highest BCUT2D eigenvalue weighted by Gasteiger charge is 2.46. The highest BCUT2D eigenvalue weighted by atomic mass is 16.5. The van der Waals surface area contributed by atoms with Gasteiger partial charge in [-0.05, 0) is 42.0 Å². The number of aliphatic hydroxyl groups excluding tert-OH is 1. The lowest BCUT2D eigenvalue weighted by Gasteiger charge is -2.26. The van der Waals surface area contributed by atoms with E-state index in [0.29, 0.717) is 24.4 Å². The molecule has 1 amide bonds. The van der Waals surface area contributed by atoms with Crippen LogP contribution in [0.15, 0.2) is 54.1 Å². The summed E-state index contributed by atoms with van der Waals surface area (Å²) in [4.78, 5) is 30.6. The molecule has 0 aromatic heterocycles. The third kappa shape index (κ3) is 4.56. The van der Waals surface area contributed by atoms with E-state index in [2.05, 4.69) is 0 Å². The Labute approximate surface area is 183 Å². The van der Waals surface area contributed by atoms with Gasteiger partial charge in [-0.15, -0.1) is 0 Å². The van der Waals surface area contributed by atoms with Crippen LogP contribution in [0, 0.1) is 0 Å². The molecule has 0 unspecified atom stereocenters. The Morgan fingerprint density at radius 2 is 1.68 bits per heavy atom. The van der Waals surface area contributed by atoms with E-state index in [9.17, 15) is 14.7 Å². The van der Waals surface area contributed by atoms with Crippen molar-refractivity contribution in [3.05, 3.63) is 65.2 Å². The van der Waals surface area contributed by atoms with Crippen LogP contribution in [0.4, 0.5) is 5.69 Å². The lowest BCUT2D eigenvalue weighted by Crippen LogP contribution is -3.06. The molecular weight excluding hydrogens is 394 g/mol. The lowest BCUT2D eigenvalue weighted by atomic mass is 9.95. The average Bonchev–Trinajstić information content (AvgIpc) is 3.02. The van der Waals surface area contributed by atoms with Crippen LogP contribution in [-0.4, -0.2) is 70.1 Å². The first-order valence-electron chi connectivity index (χ1n) is 10.2. The zero-order valence-corrected chi connectivity index (χ0v) is 18.7. The van der Waals surface area contributed by atoms with Crippen molar-refractivity contribution >= 4 is 23.1 Å². The lowest BCUT2D eigenvalue weighted by molar-refractivity contribution is -0.857. The molecule has 2 N–H and O–H groups in total. The number of likely N-dealkylation sites (tertiary alicyclic amines) is 1. The molecular formula is C24H30N3O4+. The van der Waals surface area contributed by atoms with Gasteiger partial charge in [0.15, 0.2) is 0 Å². The van der Waals surface area contributed by atoms with Gasteiger partial charge < -0.3 is 24.5 Å². The molecule has 1 atom stereocenters. The molecule has 1 fully saturated rings. The van der Waals surface area contributed by atoms with Crippen molar-refractivity contribution in [2.45, 2.75) is 6.04 Å². The van der Waals surface area contributed by atoms with E-state index < -0.39 is 17.7 Å². The summed E-state index contributed by atoms with van der Waals surface area (Å²) in [6.07, 6.45) is 0. The molecule has 2 aromatic carbocycles. The fourth-order valence-corrected chi connectivity index (χ4v) is 3.66. The van der Waals surface area contributed by atoms with Crippen molar-refractivity contribution in [2.75, 3.05) is 53.3 Å². The summed E-state index contributed by atoms with van der Waals surface area (Å²) in [5.74, 6) is -0.786. The maximum absolute atomic E-state index is 13.0. The van der Waals surface area contributed by atoms with Crippen molar-refractivity contribution in [1.29, 1.82) is 0 Å². The molecule has 7 nitrogen and oxygen atoms in total. The van der Waals surface area contributed by atoms with E-state index in [1.54, 1.807) is 36.3 Å². The normalized spacial score (nSPS) is 18.0. The molecule has 1 heterocycles. The smallest absolute Gasteiger partial charge is 0.295 e. The maximum atomic E-state index is 13.0. The van der Waals surface area contributed by atoms with Gasteiger partial charge in [0.2, 0.25) is 0 Å². The number of quaternary nitrogens is 1. The first-order chi connectivity index (χ1) is 14.7. The Hall–Kier alpha value is -3.32. The van der Waals surface area contributed by atoms with Gasteiger partial charge >= 0.3 is 0 Å². The largest absolute Gasteiger partial charge is 0.507 e. The van der Waals surface area contributed by atoms with Crippen molar-refractivity contribution in [3.8, 4) is 5.75 Å². The highest BCUT2D eigenvalue weighted by Crippen LogP contribution is 2.39. The number of nitrogens with zero attached hydrogens (tertiary/aromatic N) is 2. The number of nitrogens with one attached hydrogen (secondary N) is 1. The molecule has 2 aromatic rings. The van der Waals surface area contributed by atoms with E-state index in [-0.39, 0.29) is 11.3 Å². The number of anilines is 1. The average molecular weight is 425 g/mol. The Morgan fingerprint density at radius 1 is 1.06 bits per heavy atom. The van der Waals surface area contributed by atoms with Crippen LogP contribution in [0.5, 0.6) is 5.75 Å². The molecule has 0 spiro atoms. The Balaban J connectivity index is 2.11. The van der Waals surface area contributed by atoms with Gasteiger partial charge in [0, 0.05) is 25.3 Å². The van der Waals surface area contributed by atoms with Crippen LogP contribution < -0.4 is 14.5 Å². The number of rotatable bonds is 7. The molecule has 31 heavy (non-hydrogen) atoms. The Morgan fingerprint density at radius 3 is 2.19 bits per heavy atom. The summed E-state index contributed by atoms with van der Waals surface area (Å²) < 4.78 is 5.17. The SMILES string of the molecule is COc1ccc(C(O)=C2C(=O)C(=O)N(CC[NH+](C)C)[C@H]2c2ccc(N(C)C)cc2)cc1. The molecule has 0 bridgehead atoms. The molecule has 3 rings (SSSR count). The summed E-state index contributed by atoms with van der Waals surface area (Å²) in [6.45, 7) is 1.09. The van der Waals surface area contributed by atoms with Crippen LogP contribution in [0.25, 0.3) is 5.76 Å². The predicted octanol–water partition coefficient (Wildman–Crippen LogP) is 1.33. The second-order valence-corrected chi connectivity index (χ2v) is 8.16. The molecule has 0 saturated carbocycles. The monoisotopic (exact) mass is 424 g/mol. The minimum absolute atomic E-state index is 0.113. The first-order valence-corrected chi connectivity index (χ1v) is 10.2. The van der Waals surface area contributed by atoms with Crippen molar-refractivity contribution in [3.63, 3.8) is 0 Å². The summed E-state index contributed by atoms with van der Waals surface area (Å²) in [5.41, 5.74) is 2.37. The molecule has 1 saturated heterocycles. The molecule has 1 aliphatic rings. The van der Waals surface area contributed by atoms with E-state index >= 15 is 0 Å². The number of ketones is 1. The summed E-state index contributed by atoms with van der Waals surface area (Å²) in [5, 5.41) is 11.1. The minimum Gasteiger partial charge on any atom is -0.507 e. The molecule has 1 aliphatic heterocycles. The van der Waals surface area contributed by atoms with Gasteiger partial charge in [0.25, 0.3) is 11.7 Å². The van der Waals surface area contributed by atoms with Crippen LogP contribution in [0.3, 0.4) is 0 Å². The first kappa shape index (κ1) is 22.4. The number of carbonyl (C=O) groups is 2. The highest BCUT2D eigenvalue weighted by molar-refractivity contribution is 6.46. The van der Waals surface area contributed by atoms with Gasteiger partial charge in [0.05, 0.1) is 45.9 Å². The number of amides is 1. The molecule has 164 valence electrons. The van der Waals surface area contributed by atoms with E-state index in [0.717, 1.165) is 11.3 Å². The number of Topliss-reactive ketones (excluding diaryl/α,β-unsaturated/α-hetero) is 1. The second kappa shape index (κ2) is 9.22. The van der Waals surface area contributed by atoms with Gasteiger partial charge in [-0.1, -0.05) is 12.1 Å². The third-order valence-corrected chi connectivity index (χ3v) is 5.48. The van der Waals surface area contributed by atoms with Gasteiger partial charge in [-0.25, -0.2) is 0 Å². The Bertz CT molecular complexity index is 979. The number of methoxy groups -OCH3 is 1. The Kier molecular flexibility index (Phi) is 6.65. The number of carbonyl (C=O) groups excluding carboxylic acids is 2. The number of hydrogen-bond acceptors (Lipinski definition) is 5. The topological polar surface area (TPSA) is 74.5 Å². The molecule has 0 radical (unpaired) electrons. The van der Waals surface area contributed by atoms with Crippen LogP contribution in [0.2, 0.25) is 0 Å². The summed E-state index contributed by atoms with van der Waals surface area (Å²) >= 11 is 0. The number of benzene rings is 2. The van der Waals surface area contributed by atoms with Gasteiger partial charge in [0.1, 0.15) is 11.5 Å². The third-order valence-electron chi connectivity index (χ3n) is 5.48. The van der Waals surface area contributed by atoms with Crippen LogP contribution in [-0.2, 0) is 9.59 Å². The van der Waals surface area contributed by atoms with Crippen LogP contribution >= 0.6 is 0 Å². The quantitative estimate of drug-likeness (QED) is 0.399. The fourth-order valence-electron chi connectivity index (χ4n) is 3.66. The fraction of sp³-hybridized carbons (Fsp3) is 0.333. The zero-order chi connectivity index (χ0) is 22.7.